The minimum Gasteiger partial charge on any atom is -0.571 e. The van der Waals surface area contributed by atoms with Crippen molar-refractivity contribution in [2.24, 2.45) is 5.92 Å². The molecule has 1 unspecified atom stereocenters. The van der Waals surface area contributed by atoms with Crippen molar-refractivity contribution >= 4 is 8.05 Å². The highest BCUT2D eigenvalue weighted by Gasteiger charge is 2.22. The van der Waals surface area contributed by atoms with Gasteiger partial charge in [-0.3, -0.25) is 0 Å². The lowest BCUT2D eigenvalue weighted by molar-refractivity contribution is 0.346. The Morgan fingerprint density at radius 1 is 1.25 bits per heavy atom. The van der Waals surface area contributed by atoms with Crippen molar-refractivity contribution in [1.29, 1.82) is 0 Å². The molecule has 1 aliphatic rings. The second-order valence-electron chi connectivity index (χ2n) is 4.99. The van der Waals surface area contributed by atoms with E-state index in [2.05, 4.69) is 13.8 Å². The van der Waals surface area contributed by atoms with Crippen LogP contribution in [0.5, 0.6) is 0 Å². The van der Waals surface area contributed by atoms with Crippen molar-refractivity contribution in [3.8, 4) is 0 Å². The van der Waals surface area contributed by atoms with Crippen LogP contribution in [0.2, 0.25) is 0 Å². The molecule has 0 aromatic heterocycles. The number of rotatable bonds is 7. The summed E-state index contributed by atoms with van der Waals surface area (Å²) in [5.74, 6) is 2.15. The summed E-state index contributed by atoms with van der Waals surface area (Å²) in [6.07, 6.45) is 11.9. The third kappa shape index (κ3) is 3.88. The van der Waals surface area contributed by atoms with Crippen molar-refractivity contribution < 1.29 is 4.65 Å². The normalized spacial score (nSPS) is 21.2. The highest BCUT2D eigenvalue weighted by molar-refractivity contribution is 5.98. The summed E-state index contributed by atoms with van der Waals surface area (Å²) in [6.45, 7) is 4.56. The molecular weight excluding hydrogens is 195 g/mol. The van der Waals surface area contributed by atoms with Gasteiger partial charge in [-0.2, -0.15) is 0 Å². The zero-order valence-electron chi connectivity index (χ0n) is 11.3. The van der Waals surface area contributed by atoms with Gasteiger partial charge in [0.1, 0.15) is 0 Å². The third-order valence-corrected chi connectivity index (χ3v) is 3.76. The van der Waals surface area contributed by atoms with Crippen molar-refractivity contribution in [2.75, 3.05) is 0 Å². The number of hydrogen-bond acceptors (Lipinski definition) is 1. The molecule has 0 saturated carbocycles. The van der Waals surface area contributed by atoms with E-state index in [4.69, 9.17) is 4.65 Å². The largest absolute Gasteiger partial charge is 0.571 e. The Labute approximate surface area is 102 Å². The molecule has 16 heavy (non-hydrogen) atoms. The van der Waals surface area contributed by atoms with Crippen molar-refractivity contribution in [3.05, 3.63) is 11.3 Å². The standard InChI is InChI=1S/C14H27BO/c1-3-5-8-12-9-7-11-14(16-15)13(12)10-6-4-2/h12H,3-11,15H2,1-2H3. The van der Waals surface area contributed by atoms with Crippen LogP contribution in [0.4, 0.5) is 0 Å². The Morgan fingerprint density at radius 3 is 2.62 bits per heavy atom. The molecule has 0 radical (unpaired) electrons. The quantitative estimate of drug-likeness (QED) is 0.592. The van der Waals surface area contributed by atoms with Gasteiger partial charge in [0.2, 0.25) is 0 Å². The molecular formula is C14H27BO. The molecule has 1 atom stereocenters. The van der Waals surface area contributed by atoms with Crippen LogP contribution in [-0.2, 0) is 4.65 Å². The number of unbranched alkanes of at least 4 members (excludes halogenated alkanes) is 2. The molecule has 0 aromatic rings. The zero-order valence-corrected chi connectivity index (χ0v) is 11.3. The summed E-state index contributed by atoms with van der Waals surface area (Å²) in [5, 5.41) is 0. The Balaban J connectivity index is 2.64. The molecule has 2 heteroatoms. The minimum absolute atomic E-state index is 0.829. The highest BCUT2D eigenvalue weighted by Crippen LogP contribution is 2.36. The molecule has 0 aliphatic heterocycles. The van der Waals surface area contributed by atoms with Gasteiger partial charge in [0.15, 0.2) is 0 Å². The first kappa shape index (κ1) is 13.7. The SMILES string of the molecule is BOC1=C(CCCC)C(CCCC)CCC1. The van der Waals surface area contributed by atoms with Gasteiger partial charge in [-0.05, 0) is 43.6 Å². The Morgan fingerprint density at radius 2 is 2.00 bits per heavy atom. The maximum atomic E-state index is 5.59. The van der Waals surface area contributed by atoms with Crippen LogP contribution in [0, 0.1) is 5.92 Å². The van der Waals surface area contributed by atoms with Gasteiger partial charge >= 0.3 is 8.05 Å². The third-order valence-electron chi connectivity index (χ3n) is 3.76. The Bertz CT molecular complexity index is 223. The Kier molecular flexibility index (Phi) is 6.67. The van der Waals surface area contributed by atoms with E-state index in [0.29, 0.717) is 0 Å². The van der Waals surface area contributed by atoms with Crippen LogP contribution in [-0.4, -0.2) is 8.05 Å². The fourth-order valence-electron chi connectivity index (χ4n) is 2.78. The molecule has 0 saturated heterocycles. The lowest BCUT2D eigenvalue weighted by atomic mass is 9.81. The smallest absolute Gasteiger partial charge is 0.321 e. The van der Waals surface area contributed by atoms with Crippen molar-refractivity contribution in [2.45, 2.75) is 71.6 Å². The van der Waals surface area contributed by atoms with E-state index in [0.717, 1.165) is 5.92 Å². The summed E-state index contributed by atoms with van der Waals surface area (Å²) in [7, 11) is 1.85. The van der Waals surface area contributed by atoms with Gasteiger partial charge in [0.25, 0.3) is 0 Å². The summed E-state index contributed by atoms with van der Waals surface area (Å²) >= 11 is 0. The summed E-state index contributed by atoms with van der Waals surface area (Å²) in [6, 6.07) is 0. The second-order valence-corrected chi connectivity index (χ2v) is 4.99. The van der Waals surface area contributed by atoms with Crippen molar-refractivity contribution in [1.82, 2.24) is 0 Å². The van der Waals surface area contributed by atoms with E-state index < -0.39 is 0 Å². The lowest BCUT2D eigenvalue weighted by Gasteiger charge is -2.28. The van der Waals surface area contributed by atoms with Crippen LogP contribution < -0.4 is 0 Å². The van der Waals surface area contributed by atoms with Gasteiger partial charge in [-0.1, -0.05) is 33.1 Å². The predicted octanol–water partition coefficient (Wildman–Crippen LogP) is 3.99. The van der Waals surface area contributed by atoms with Gasteiger partial charge in [-0.25, -0.2) is 0 Å². The molecule has 0 spiro atoms. The fourth-order valence-corrected chi connectivity index (χ4v) is 2.78. The average Bonchev–Trinajstić information content (AvgIpc) is 2.33. The van der Waals surface area contributed by atoms with E-state index in [1.165, 1.54) is 63.5 Å². The molecule has 0 bridgehead atoms. The van der Waals surface area contributed by atoms with Gasteiger partial charge in [-0.15, -0.1) is 0 Å². The predicted molar refractivity (Wildman–Crippen MR) is 73.0 cm³/mol. The molecule has 0 aromatic carbocycles. The second kappa shape index (κ2) is 7.81. The van der Waals surface area contributed by atoms with Gasteiger partial charge in [0, 0.05) is 6.42 Å². The minimum atomic E-state index is 0.829. The van der Waals surface area contributed by atoms with Crippen molar-refractivity contribution in [3.63, 3.8) is 0 Å². The maximum absolute atomic E-state index is 5.59. The Hall–Kier alpha value is -0.395. The first-order chi connectivity index (χ1) is 7.83. The van der Waals surface area contributed by atoms with E-state index >= 15 is 0 Å². The van der Waals surface area contributed by atoms with E-state index in [9.17, 15) is 0 Å². The molecule has 0 heterocycles. The average molecular weight is 222 g/mol. The molecule has 1 aliphatic carbocycles. The van der Waals surface area contributed by atoms with Crippen LogP contribution in [0.25, 0.3) is 0 Å². The molecule has 0 amide bonds. The summed E-state index contributed by atoms with van der Waals surface area (Å²) in [4.78, 5) is 0. The summed E-state index contributed by atoms with van der Waals surface area (Å²) in [5.41, 5.74) is 1.66. The first-order valence-electron chi connectivity index (χ1n) is 7.09. The van der Waals surface area contributed by atoms with E-state index in [-0.39, 0.29) is 0 Å². The fraction of sp³-hybridized carbons (Fsp3) is 0.857. The molecule has 0 fully saturated rings. The van der Waals surface area contributed by atoms with Crippen LogP contribution in [0.3, 0.4) is 0 Å². The highest BCUT2D eigenvalue weighted by atomic mass is 16.4. The molecule has 92 valence electrons. The zero-order chi connectivity index (χ0) is 11.8. The number of hydrogen-bond donors (Lipinski definition) is 0. The van der Waals surface area contributed by atoms with Gasteiger partial charge < -0.3 is 4.65 Å². The van der Waals surface area contributed by atoms with E-state index in [1.54, 1.807) is 5.57 Å². The van der Waals surface area contributed by atoms with E-state index in [1.807, 2.05) is 8.05 Å². The van der Waals surface area contributed by atoms with Gasteiger partial charge in [0.05, 0.1) is 5.76 Å². The number of allylic oxidation sites excluding steroid dienone is 2. The topological polar surface area (TPSA) is 9.23 Å². The molecule has 1 rings (SSSR count). The lowest BCUT2D eigenvalue weighted by Crippen LogP contribution is -2.14. The van der Waals surface area contributed by atoms with Crippen LogP contribution in [0.15, 0.2) is 11.3 Å². The van der Waals surface area contributed by atoms with Crippen LogP contribution in [0.1, 0.15) is 71.6 Å². The molecule has 0 N–H and O–H groups in total. The van der Waals surface area contributed by atoms with Crippen LogP contribution >= 0.6 is 0 Å². The molecule has 1 nitrogen and oxygen atoms in total. The monoisotopic (exact) mass is 222 g/mol. The summed E-state index contributed by atoms with van der Waals surface area (Å²) < 4.78 is 5.59. The first-order valence-corrected chi connectivity index (χ1v) is 7.09. The maximum Gasteiger partial charge on any atom is 0.321 e.